The lowest BCUT2D eigenvalue weighted by Gasteiger charge is -2.22. The Kier molecular flexibility index (Phi) is 6.63. The summed E-state index contributed by atoms with van der Waals surface area (Å²) in [5, 5.41) is 8.06. The fourth-order valence-electron chi connectivity index (χ4n) is 1.58. The van der Waals surface area contributed by atoms with E-state index in [1.165, 1.54) is 0 Å². The lowest BCUT2D eigenvalue weighted by atomic mass is 9.95. The largest absolute Gasteiger partial charge is 0.317 e. The average Bonchev–Trinajstić information content (AvgIpc) is 2.04. The molecule has 0 aliphatic carbocycles. The highest BCUT2D eigenvalue weighted by Gasteiger charge is 2.12. The zero-order valence-electron chi connectivity index (χ0n) is 8.03. The minimum Gasteiger partial charge on any atom is -0.317 e. The summed E-state index contributed by atoms with van der Waals surface area (Å²) < 4.78 is 23.4. The van der Waals surface area contributed by atoms with E-state index in [-0.39, 0.29) is 12.4 Å². The third-order valence-corrected chi connectivity index (χ3v) is 2.92. The number of rotatable bonds is 4. The molecule has 1 heterocycles. The first-order valence-corrected chi connectivity index (χ1v) is 6.10. The number of nitrogens with one attached hydrogen (secondary N) is 2. The van der Waals surface area contributed by atoms with Crippen LogP contribution in [0, 0.1) is 5.92 Å². The summed E-state index contributed by atoms with van der Waals surface area (Å²) in [5.74, 6) is 0.635. The fourth-order valence-corrected chi connectivity index (χ4v) is 1.98. The SMILES string of the molecule is Cl.NS(=O)(=O)NCCC1CCNCC1. The highest BCUT2D eigenvalue weighted by Crippen LogP contribution is 2.14. The van der Waals surface area contributed by atoms with Crippen molar-refractivity contribution in [3.05, 3.63) is 0 Å². The summed E-state index contributed by atoms with van der Waals surface area (Å²) in [7, 11) is -3.49. The molecule has 0 saturated carbocycles. The Balaban J connectivity index is 0.00000169. The number of halogens is 1. The normalized spacial score (nSPS) is 18.9. The second-order valence-corrected chi connectivity index (χ2v) is 4.80. The van der Waals surface area contributed by atoms with E-state index in [1.54, 1.807) is 0 Å². The van der Waals surface area contributed by atoms with E-state index in [4.69, 9.17) is 5.14 Å². The molecule has 0 atom stereocenters. The van der Waals surface area contributed by atoms with Crippen LogP contribution >= 0.6 is 12.4 Å². The first-order valence-electron chi connectivity index (χ1n) is 4.56. The molecule has 5 nitrogen and oxygen atoms in total. The van der Waals surface area contributed by atoms with Crippen molar-refractivity contribution in [1.82, 2.24) is 10.0 Å². The van der Waals surface area contributed by atoms with Crippen LogP contribution in [0.1, 0.15) is 19.3 Å². The van der Waals surface area contributed by atoms with Gasteiger partial charge >= 0.3 is 0 Å². The molecule has 1 rings (SSSR count). The lowest BCUT2D eigenvalue weighted by molar-refractivity contribution is 0.354. The van der Waals surface area contributed by atoms with E-state index in [2.05, 4.69) is 10.0 Å². The van der Waals surface area contributed by atoms with Gasteiger partial charge in [0.1, 0.15) is 0 Å². The van der Waals surface area contributed by atoms with Gasteiger partial charge in [-0.25, -0.2) is 9.86 Å². The first kappa shape index (κ1) is 14.1. The maximum atomic E-state index is 10.5. The molecule has 1 aliphatic rings. The summed E-state index contributed by atoms with van der Waals surface area (Å²) in [6, 6.07) is 0. The van der Waals surface area contributed by atoms with Crippen LogP contribution in [-0.2, 0) is 10.2 Å². The monoisotopic (exact) mass is 243 g/mol. The van der Waals surface area contributed by atoms with Gasteiger partial charge in [-0.05, 0) is 38.3 Å². The Bertz CT molecular complexity index is 239. The molecule has 14 heavy (non-hydrogen) atoms. The van der Waals surface area contributed by atoms with Gasteiger partial charge < -0.3 is 5.32 Å². The predicted molar refractivity (Wildman–Crippen MR) is 58.6 cm³/mol. The van der Waals surface area contributed by atoms with Gasteiger partial charge in [0.15, 0.2) is 0 Å². The van der Waals surface area contributed by atoms with Crippen LogP contribution in [0.25, 0.3) is 0 Å². The summed E-state index contributed by atoms with van der Waals surface area (Å²) in [6.07, 6.45) is 3.15. The summed E-state index contributed by atoms with van der Waals surface area (Å²) in [4.78, 5) is 0. The van der Waals surface area contributed by atoms with E-state index in [9.17, 15) is 8.42 Å². The van der Waals surface area contributed by atoms with Gasteiger partial charge in [0, 0.05) is 6.54 Å². The van der Waals surface area contributed by atoms with Crippen LogP contribution < -0.4 is 15.2 Å². The molecular formula is C7H18ClN3O2S. The van der Waals surface area contributed by atoms with Crippen molar-refractivity contribution in [2.75, 3.05) is 19.6 Å². The van der Waals surface area contributed by atoms with Gasteiger partial charge in [0.2, 0.25) is 0 Å². The van der Waals surface area contributed by atoms with E-state index >= 15 is 0 Å². The second kappa shape index (κ2) is 6.58. The van der Waals surface area contributed by atoms with Crippen molar-refractivity contribution >= 4 is 22.6 Å². The van der Waals surface area contributed by atoms with E-state index in [0.29, 0.717) is 12.5 Å². The second-order valence-electron chi connectivity index (χ2n) is 3.42. The molecule has 0 amide bonds. The minimum absolute atomic E-state index is 0. The minimum atomic E-state index is -3.49. The van der Waals surface area contributed by atoms with Gasteiger partial charge in [-0.1, -0.05) is 0 Å². The molecule has 1 aliphatic heterocycles. The first-order chi connectivity index (χ1) is 6.08. The lowest BCUT2D eigenvalue weighted by Crippen LogP contribution is -2.34. The van der Waals surface area contributed by atoms with Crippen molar-refractivity contribution in [3.8, 4) is 0 Å². The number of nitrogens with two attached hydrogens (primary N) is 1. The third-order valence-electron chi connectivity index (χ3n) is 2.31. The van der Waals surface area contributed by atoms with Crippen LogP contribution in [0.4, 0.5) is 0 Å². The zero-order chi connectivity index (χ0) is 9.73. The predicted octanol–water partition coefficient (Wildman–Crippen LogP) is -0.409. The standard InChI is InChI=1S/C7H17N3O2S.ClH/c8-13(11,12)10-6-3-7-1-4-9-5-2-7;/h7,9-10H,1-6H2,(H2,8,11,12);1H. The molecule has 1 saturated heterocycles. The third kappa shape index (κ3) is 6.56. The van der Waals surface area contributed by atoms with Gasteiger partial charge in [0.25, 0.3) is 10.2 Å². The van der Waals surface area contributed by atoms with E-state index < -0.39 is 10.2 Å². The topological polar surface area (TPSA) is 84.2 Å². The Morgan fingerprint density at radius 3 is 2.43 bits per heavy atom. The highest BCUT2D eigenvalue weighted by atomic mass is 35.5. The molecule has 0 bridgehead atoms. The Hall–Kier alpha value is 0.120. The maximum Gasteiger partial charge on any atom is 0.274 e. The van der Waals surface area contributed by atoms with Gasteiger partial charge in [-0.15, -0.1) is 12.4 Å². The fraction of sp³-hybridized carbons (Fsp3) is 1.00. The summed E-state index contributed by atoms with van der Waals surface area (Å²) in [6.45, 7) is 2.55. The molecule has 0 radical (unpaired) electrons. The van der Waals surface area contributed by atoms with Crippen molar-refractivity contribution in [3.63, 3.8) is 0 Å². The summed E-state index contributed by atoms with van der Waals surface area (Å²) in [5.41, 5.74) is 0. The van der Waals surface area contributed by atoms with Crippen LogP contribution in [0.15, 0.2) is 0 Å². The van der Waals surface area contributed by atoms with E-state index in [1.807, 2.05) is 0 Å². The van der Waals surface area contributed by atoms with Crippen molar-refractivity contribution in [2.24, 2.45) is 11.1 Å². The number of piperidine rings is 1. The Morgan fingerprint density at radius 2 is 1.93 bits per heavy atom. The van der Waals surface area contributed by atoms with Gasteiger partial charge in [-0.2, -0.15) is 8.42 Å². The number of hydrogen-bond donors (Lipinski definition) is 3. The molecule has 0 aromatic rings. The molecule has 0 unspecified atom stereocenters. The molecule has 0 aromatic heterocycles. The Morgan fingerprint density at radius 1 is 1.36 bits per heavy atom. The highest BCUT2D eigenvalue weighted by molar-refractivity contribution is 7.87. The molecule has 7 heteroatoms. The van der Waals surface area contributed by atoms with Crippen LogP contribution in [-0.4, -0.2) is 28.1 Å². The molecular weight excluding hydrogens is 226 g/mol. The smallest absolute Gasteiger partial charge is 0.274 e. The summed E-state index contributed by atoms with van der Waals surface area (Å²) >= 11 is 0. The maximum absolute atomic E-state index is 10.5. The van der Waals surface area contributed by atoms with Crippen LogP contribution in [0.3, 0.4) is 0 Å². The molecule has 0 aromatic carbocycles. The average molecular weight is 244 g/mol. The molecule has 0 spiro atoms. The van der Waals surface area contributed by atoms with Gasteiger partial charge in [0.05, 0.1) is 0 Å². The van der Waals surface area contributed by atoms with Crippen LogP contribution in [0.2, 0.25) is 0 Å². The van der Waals surface area contributed by atoms with Crippen molar-refractivity contribution in [2.45, 2.75) is 19.3 Å². The Labute approximate surface area is 91.4 Å². The van der Waals surface area contributed by atoms with Crippen LogP contribution in [0.5, 0.6) is 0 Å². The van der Waals surface area contributed by atoms with Gasteiger partial charge in [-0.3, -0.25) is 0 Å². The zero-order valence-corrected chi connectivity index (χ0v) is 9.66. The number of hydrogen-bond acceptors (Lipinski definition) is 3. The molecule has 1 fully saturated rings. The quantitative estimate of drug-likeness (QED) is 0.628. The van der Waals surface area contributed by atoms with E-state index in [0.717, 1.165) is 32.4 Å². The van der Waals surface area contributed by atoms with Crippen molar-refractivity contribution < 1.29 is 8.42 Å². The molecule has 4 N–H and O–H groups in total. The molecule has 86 valence electrons. The van der Waals surface area contributed by atoms with Crippen molar-refractivity contribution in [1.29, 1.82) is 0 Å².